The standard InChI is InChI=1S/C17H13F3N2O2/c1-17(11-6-7-13(19)14(20)8-11)15(23)22(16(24)21-17)9-10-4-2-3-5-12(10)18/h2-8H,9H2,1H3,(H,21,24). The molecule has 1 aliphatic rings. The van der Waals surface area contributed by atoms with Crippen molar-refractivity contribution in [2.45, 2.75) is 19.0 Å². The SMILES string of the molecule is CC1(c2ccc(F)c(F)c2)NC(=O)N(Cc2ccccc2F)C1=O. The maximum atomic E-state index is 13.7. The minimum Gasteiger partial charge on any atom is -0.319 e. The lowest BCUT2D eigenvalue weighted by Crippen LogP contribution is -2.41. The number of carbonyl (C=O) groups excluding carboxylic acids is 2. The fraction of sp³-hybridized carbons (Fsp3) is 0.176. The van der Waals surface area contributed by atoms with Crippen LogP contribution in [0.2, 0.25) is 0 Å². The summed E-state index contributed by atoms with van der Waals surface area (Å²) in [4.78, 5) is 25.6. The number of hydrogen-bond donors (Lipinski definition) is 1. The number of nitrogens with zero attached hydrogens (tertiary/aromatic N) is 1. The van der Waals surface area contributed by atoms with Crippen molar-refractivity contribution in [1.82, 2.24) is 10.2 Å². The fourth-order valence-corrected chi connectivity index (χ4v) is 2.64. The molecule has 0 spiro atoms. The Labute approximate surface area is 135 Å². The molecule has 2 aromatic rings. The van der Waals surface area contributed by atoms with Crippen LogP contribution >= 0.6 is 0 Å². The number of urea groups is 1. The Bertz CT molecular complexity index is 840. The van der Waals surface area contributed by atoms with E-state index in [2.05, 4.69) is 5.32 Å². The van der Waals surface area contributed by atoms with Gasteiger partial charge in [-0.2, -0.15) is 0 Å². The molecule has 2 aromatic carbocycles. The average Bonchev–Trinajstić information content (AvgIpc) is 2.76. The Morgan fingerprint density at radius 2 is 1.71 bits per heavy atom. The lowest BCUT2D eigenvalue weighted by Gasteiger charge is -2.22. The van der Waals surface area contributed by atoms with Crippen LogP contribution in [0.1, 0.15) is 18.1 Å². The largest absolute Gasteiger partial charge is 0.325 e. The first kappa shape index (κ1) is 16.0. The molecule has 1 fully saturated rings. The molecule has 4 nitrogen and oxygen atoms in total. The Morgan fingerprint density at radius 1 is 1.00 bits per heavy atom. The van der Waals surface area contributed by atoms with E-state index in [1.54, 1.807) is 6.07 Å². The molecule has 3 amide bonds. The van der Waals surface area contributed by atoms with E-state index in [0.29, 0.717) is 0 Å². The highest BCUT2D eigenvalue weighted by Gasteiger charge is 2.49. The third-order valence-corrected chi connectivity index (χ3v) is 4.06. The number of halogens is 3. The first-order chi connectivity index (χ1) is 11.3. The Hall–Kier alpha value is -2.83. The van der Waals surface area contributed by atoms with Gasteiger partial charge in [0.1, 0.15) is 11.4 Å². The van der Waals surface area contributed by atoms with Crippen molar-refractivity contribution >= 4 is 11.9 Å². The monoisotopic (exact) mass is 334 g/mol. The van der Waals surface area contributed by atoms with Gasteiger partial charge >= 0.3 is 6.03 Å². The van der Waals surface area contributed by atoms with Crippen LogP contribution < -0.4 is 5.32 Å². The van der Waals surface area contributed by atoms with Crippen molar-refractivity contribution in [3.63, 3.8) is 0 Å². The lowest BCUT2D eigenvalue weighted by atomic mass is 9.92. The van der Waals surface area contributed by atoms with E-state index < -0.39 is 34.9 Å². The van der Waals surface area contributed by atoms with Crippen LogP contribution in [-0.2, 0) is 16.9 Å². The van der Waals surface area contributed by atoms with E-state index in [-0.39, 0.29) is 17.7 Å². The number of benzene rings is 2. The van der Waals surface area contributed by atoms with Crippen LogP contribution in [0.4, 0.5) is 18.0 Å². The molecule has 1 atom stereocenters. The van der Waals surface area contributed by atoms with Crippen LogP contribution in [0, 0.1) is 17.5 Å². The smallest absolute Gasteiger partial charge is 0.319 e. The predicted molar refractivity (Wildman–Crippen MR) is 79.2 cm³/mol. The third-order valence-electron chi connectivity index (χ3n) is 4.06. The van der Waals surface area contributed by atoms with Gasteiger partial charge in [-0.15, -0.1) is 0 Å². The van der Waals surface area contributed by atoms with Gasteiger partial charge in [0, 0.05) is 5.56 Å². The molecule has 0 aromatic heterocycles. The highest BCUT2D eigenvalue weighted by Crippen LogP contribution is 2.30. The normalized spacial score (nSPS) is 20.4. The van der Waals surface area contributed by atoms with Crippen LogP contribution in [0.15, 0.2) is 42.5 Å². The van der Waals surface area contributed by atoms with Crippen molar-refractivity contribution in [3.05, 3.63) is 71.0 Å². The van der Waals surface area contributed by atoms with E-state index in [4.69, 9.17) is 0 Å². The highest BCUT2D eigenvalue weighted by atomic mass is 19.2. The highest BCUT2D eigenvalue weighted by molar-refractivity contribution is 6.07. The van der Waals surface area contributed by atoms with Crippen molar-refractivity contribution in [2.75, 3.05) is 0 Å². The molecule has 24 heavy (non-hydrogen) atoms. The van der Waals surface area contributed by atoms with Gasteiger partial charge in [0.2, 0.25) is 0 Å². The summed E-state index contributed by atoms with van der Waals surface area (Å²) >= 11 is 0. The van der Waals surface area contributed by atoms with E-state index in [9.17, 15) is 22.8 Å². The van der Waals surface area contributed by atoms with E-state index in [1.807, 2.05) is 0 Å². The molecule has 1 aliphatic heterocycles. The molecule has 0 saturated carbocycles. The van der Waals surface area contributed by atoms with Gasteiger partial charge in [0.15, 0.2) is 11.6 Å². The van der Waals surface area contributed by atoms with Crippen molar-refractivity contribution in [1.29, 1.82) is 0 Å². The molecule has 0 radical (unpaired) electrons. The lowest BCUT2D eigenvalue weighted by molar-refractivity contribution is -0.131. The minimum absolute atomic E-state index is 0.107. The minimum atomic E-state index is -1.54. The molecule has 1 saturated heterocycles. The summed E-state index contributed by atoms with van der Waals surface area (Å²) in [5, 5.41) is 2.46. The van der Waals surface area contributed by atoms with E-state index in [0.717, 1.165) is 17.0 Å². The maximum absolute atomic E-state index is 13.7. The summed E-state index contributed by atoms with van der Waals surface area (Å²) < 4.78 is 40.3. The molecule has 0 aliphatic carbocycles. The number of imide groups is 1. The summed E-state index contributed by atoms with van der Waals surface area (Å²) in [5.74, 6) is -3.38. The summed E-state index contributed by atoms with van der Waals surface area (Å²) in [5.41, 5.74) is -1.26. The second kappa shape index (κ2) is 5.67. The first-order valence-corrected chi connectivity index (χ1v) is 7.16. The Morgan fingerprint density at radius 3 is 2.38 bits per heavy atom. The number of amides is 3. The summed E-state index contributed by atoms with van der Waals surface area (Å²) in [7, 11) is 0. The first-order valence-electron chi connectivity index (χ1n) is 7.16. The zero-order valence-corrected chi connectivity index (χ0v) is 12.6. The molecule has 7 heteroatoms. The molecular formula is C17H13F3N2O2. The molecule has 124 valence electrons. The number of nitrogens with one attached hydrogen (secondary N) is 1. The summed E-state index contributed by atoms with van der Waals surface area (Å²) in [6.07, 6.45) is 0. The quantitative estimate of drug-likeness (QED) is 0.877. The predicted octanol–water partition coefficient (Wildman–Crippen LogP) is 3.07. The molecule has 1 unspecified atom stereocenters. The molecule has 1 heterocycles. The van der Waals surface area contributed by atoms with Gasteiger partial charge in [0.05, 0.1) is 6.54 Å². The number of hydrogen-bond acceptors (Lipinski definition) is 2. The molecule has 3 rings (SSSR count). The van der Waals surface area contributed by atoms with Crippen molar-refractivity contribution < 1.29 is 22.8 Å². The average molecular weight is 334 g/mol. The van der Waals surface area contributed by atoms with Gasteiger partial charge < -0.3 is 5.32 Å². The zero-order chi connectivity index (χ0) is 17.5. The van der Waals surface area contributed by atoms with E-state index in [1.165, 1.54) is 31.2 Å². The molecule has 1 N–H and O–H groups in total. The van der Waals surface area contributed by atoms with Gasteiger partial charge in [0.25, 0.3) is 5.91 Å². The van der Waals surface area contributed by atoms with Gasteiger partial charge in [-0.3, -0.25) is 9.69 Å². The number of carbonyl (C=O) groups is 2. The summed E-state index contributed by atoms with van der Waals surface area (Å²) in [6, 6.07) is 8.01. The molecule has 0 bridgehead atoms. The summed E-state index contributed by atoms with van der Waals surface area (Å²) in [6.45, 7) is 1.14. The third kappa shape index (κ3) is 2.51. The van der Waals surface area contributed by atoms with Crippen LogP contribution in [0.3, 0.4) is 0 Å². The second-order valence-electron chi connectivity index (χ2n) is 5.67. The topological polar surface area (TPSA) is 49.4 Å². The number of rotatable bonds is 3. The van der Waals surface area contributed by atoms with Gasteiger partial charge in [-0.1, -0.05) is 24.3 Å². The van der Waals surface area contributed by atoms with Crippen LogP contribution in [0.5, 0.6) is 0 Å². The second-order valence-corrected chi connectivity index (χ2v) is 5.67. The zero-order valence-electron chi connectivity index (χ0n) is 12.6. The van der Waals surface area contributed by atoms with Gasteiger partial charge in [-0.05, 0) is 30.7 Å². The van der Waals surface area contributed by atoms with E-state index >= 15 is 0 Å². The molecular weight excluding hydrogens is 321 g/mol. The van der Waals surface area contributed by atoms with Crippen molar-refractivity contribution in [3.8, 4) is 0 Å². The fourth-order valence-electron chi connectivity index (χ4n) is 2.64. The van der Waals surface area contributed by atoms with Crippen molar-refractivity contribution in [2.24, 2.45) is 0 Å². The van der Waals surface area contributed by atoms with Crippen LogP contribution in [-0.4, -0.2) is 16.8 Å². The van der Waals surface area contributed by atoms with Crippen LogP contribution in [0.25, 0.3) is 0 Å². The Balaban J connectivity index is 1.93. The maximum Gasteiger partial charge on any atom is 0.325 e. The Kier molecular flexibility index (Phi) is 3.79. The van der Waals surface area contributed by atoms with Gasteiger partial charge in [-0.25, -0.2) is 18.0 Å².